The number of aliphatic imine (C=N–C) groups is 1. The monoisotopic (exact) mass is 556 g/mol. The summed E-state index contributed by atoms with van der Waals surface area (Å²) in [5.41, 5.74) is 2.74. The van der Waals surface area contributed by atoms with E-state index in [0.29, 0.717) is 35.9 Å². The van der Waals surface area contributed by atoms with Crippen molar-refractivity contribution >= 4 is 22.9 Å². The number of allylic oxidation sites excluding steroid dienone is 1. The molecule has 2 fully saturated rings. The van der Waals surface area contributed by atoms with E-state index in [1.54, 1.807) is 6.07 Å². The fraction of sp³-hybridized carbons (Fsp3) is 0.448. The first-order valence-corrected chi connectivity index (χ1v) is 13.9. The average molecular weight is 557 g/mol. The maximum absolute atomic E-state index is 12.2. The minimum Gasteiger partial charge on any atom is -0.472 e. The molecule has 41 heavy (non-hydrogen) atoms. The van der Waals surface area contributed by atoms with Crippen molar-refractivity contribution in [1.82, 2.24) is 29.3 Å². The van der Waals surface area contributed by atoms with Crippen molar-refractivity contribution in [3.8, 4) is 6.07 Å². The van der Waals surface area contributed by atoms with Crippen LogP contribution in [0, 0.1) is 11.3 Å². The van der Waals surface area contributed by atoms with E-state index in [1.165, 1.54) is 19.5 Å². The molecule has 0 amide bonds. The molecule has 3 aliphatic rings. The maximum Gasteiger partial charge on any atom is 0.337 e. The van der Waals surface area contributed by atoms with Crippen LogP contribution in [0.15, 0.2) is 47.5 Å². The number of carbonyl (C=O) groups excluding carboxylic acids is 1. The Balaban J connectivity index is 1.09. The zero-order chi connectivity index (χ0) is 28.2. The normalized spacial score (nSPS) is 19.2. The molecule has 2 aromatic heterocycles. The van der Waals surface area contributed by atoms with E-state index in [2.05, 4.69) is 30.4 Å². The molecule has 5 heterocycles. The van der Waals surface area contributed by atoms with Gasteiger partial charge < -0.3 is 23.7 Å². The molecule has 3 aliphatic heterocycles. The molecule has 0 bridgehead atoms. The number of aromatic nitrogens is 4. The number of carbonyl (C=O) groups is 1. The van der Waals surface area contributed by atoms with Crippen LogP contribution in [0.25, 0.3) is 11.0 Å². The predicted molar refractivity (Wildman–Crippen MR) is 149 cm³/mol. The number of piperazine rings is 1. The Morgan fingerprint density at radius 2 is 2.00 bits per heavy atom. The lowest BCUT2D eigenvalue weighted by atomic mass is 10.1. The fourth-order valence-electron chi connectivity index (χ4n) is 5.20. The highest BCUT2D eigenvalue weighted by Gasteiger charge is 2.26. The van der Waals surface area contributed by atoms with Gasteiger partial charge in [0, 0.05) is 51.6 Å². The van der Waals surface area contributed by atoms with Crippen LogP contribution in [-0.2, 0) is 33.9 Å². The number of ether oxygens (including phenoxy) is 3. The summed E-state index contributed by atoms with van der Waals surface area (Å²) in [6.07, 6.45) is 7.94. The SMILES string of the molecule is COC(=O)c1ccc2nc(CN3CCN(C4=CCCC(OCc5ncc(C#N)cn5)=N4)CC3)n(CC3CCO3)c2c1. The summed E-state index contributed by atoms with van der Waals surface area (Å²) >= 11 is 0. The van der Waals surface area contributed by atoms with Gasteiger partial charge in [0.05, 0.1) is 48.5 Å². The maximum atomic E-state index is 12.2. The Morgan fingerprint density at radius 3 is 2.71 bits per heavy atom. The molecular weight excluding hydrogens is 524 g/mol. The van der Waals surface area contributed by atoms with Crippen molar-refractivity contribution in [2.75, 3.05) is 39.9 Å². The van der Waals surface area contributed by atoms with Gasteiger partial charge in [-0.15, -0.1) is 0 Å². The fourth-order valence-corrected chi connectivity index (χ4v) is 5.20. The molecule has 1 unspecified atom stereocenters. The topological polar surface area (TPSA) is 131 Å². The van der Waals surface area contributed by atoms with Gasteiger partial charge in [-0.05, 0) is 37.1 Å². The quantitative estimate of drug-likeness (QED) is 0.382. The Morgan fingerprint density at radius 1 is 1.20 bits per heavy atom. The Labute approximate surface area is 237 Å². The van der Waals surface area contributed by atoms with Crippen LogP contribution in [0.4, 0.5) is 0 Å². The molecular formula is C29H32N8O4. The number of hydrogen-bond donors (Lipinski definition) is 0. The molecule has 12 nitrogen and oxygen atoms in total. The molecule has 1 atom stereocenters. The smallest absolute Gasteiger partial charge is 0.337 e. The van der Waals surface area contributed by atoms with E-state index < -0.39 is 0 Å². The van der Waals surface area contributed by atoms with Crippen LogP contribution in [0.1, 0.15) is 46.8 Å². The third kappa shape index (κ3) is 6.06. The molecule has 3 aromatic rings. The van der Waals surface area contributed by atoms with E-state index in [4.69, 9.17) is 29.4 Å². The summed E-state index contributed by atoms with van der Waals surface area (Å²) in [5.74, 6) is 2.76. The molecule has 12 heteroatoms. The number of hydrogen-bond acceptors (Lipinski definition) is 11. The molecule has 2 saturated heterocycles. The number of methoxy groups -OCH3 is 1. The first-order chi connectivity index (χ1) is 20.1. The number of nitriles is 1. The van der Waals surface area contributed by atoms with Crippen molar-refractivity contribution in [1.29, 1.82) is 5.26 Å². The van der Waals surface area contributed by atoms with Crippen LogP contribution in [0.3, 0.4) is 0 Å². The van der Waals surface area contributed by atoms with E-state index in [-0.39, 0.29) is 18.7 Å². The highest BCUT2D eigenvalue weighted by atomic mass is 16.5. The highest BCUT2D eigenvalue weighted by molar-refractivity contribution is 5.93. The third-order valence-corrected chi connectivity index (χ3v) is 7.62. The molecule has 0 aliphatic carbocycles. The Kier molecular flexibility index (Phi) is 7.89. The van der Waals surface area contributed by atoms with E-state index >= 15 is 0 Å². The average Bonchev–Trinajstić information content (AvgIpc) is 3.34. The van der Waals surface area contributed by atoms with Gasteiger partial charge >= 0.3 is 5.97 Å². The van der Waals surface area contributed by atoms with Gasteiger partial charge in [0.25, 0.3) is 0 Å². The minimum absolute atomic E-state index is 0.167. The van der Waals surface area contributed by atoms with Crippen LogP contribution < -0.4 is 0 Å². The summed E-state index contributed by atoms with van der Waals surface area (Å²) in [7, 11) is 1.39. The van der Waals surface area contributed by atoms with Crippen molar-refractivity contribution in [3.63, 3.8) is 0 Å². The zero-order valence-corrected chi connectivity index (χ0v) is 23.0. The molecule has 0 saturated carbocycles. The Bertz CT molecular complexity index is 1510. The van der Waals surface area contributed by atoms with Crippen LogP contribution in [-0.4, -0.2) is 87.2 Å². The van der Waals surface area contributed by atoms with Gasteiger partial charge in [0.2, 0.25) is 0 Å². The van der Waals surface area contributed by atoms with E-state index in [0.717, 1.165) is 74.7 Å². The Hall–Kier alpha value is -4.34. The summed E-state index contributed by atoms with van der Waals surface area (Å²) in [5, 5.41) is 8.91. The summed E-state index contributed by atoms with van der Waals surface area (Å²) in [6, 6.07) is 7.54. The number of fused-ring (bicyclic) bond motifs is 1. The molecule has 0 N–H and O–H groups in total. The number of benzene rings is 1. The summed E-state index contributed by atoms with van der Waals surface area (Å²) in [4.78, 5) is 34.9. The molecule has 6 rings (SSSR count). The second kappa shape index (κ2) is 12.0. The van der Waals surface area contributed by atoms with Crippen molar-refractivity contribution in [2.24, 2.45) is 4.99 Å². The van der Waals surface area contributed by atoms with Crippen molar-refractivity contribution < 1.29 is 19.0 Å². The van der Waals surface area contributed by atoms with Gasteiger partial charge in [-0.1, -0.05) is 0 Å². The van der Waals surface area contributed by atoms with Crippen LogP contribution >= 0.6 is 0 Å². The summed E-state index contributed by atoms with van der Waals surface area (Å²) < 4.78 is 18.8. The number of nitrogens with zero attached hydrogens (tertiary/aromatic N) is 8. The zero-order valence-electron chi connectivity index (χ0n) is 23.0. The lowest BCUT2D eigenvalue weighted by Gasteiger charge is -2.36. The lowest BCUT2D eigenvalue weighted by molar-refractivity contribution is -0.0592. The van der Waals surface area contributed by atoms with Gasteiger partial charge in [-0.3, -0.25) is 4.90 Å². The number of imidazole rings is 1. The predicted octanol–water partition coefficient (Wildman–Crippen LogP) is 2.64. The second-order valence-corrected chi connectivity index (χ2v) is 10.3. The highest BCUT2D eigenvalue weighted by Crippen LogP contribution is 2.25. The van der Waals surface area contributed by atoms with E-state index in [1.807, 2.05) is 18.2 Å². The van der Waals surface area contributed by atoms with Crippen molar-refractivity contribution in [2.45, 2.75) is 45.1 Å². The number of esters is 1. The van der Waals surface area contributed by atoms with Gasteiger partial charge in [-0.2, -0.15) is 5.26 Å². The second-order valence-electron chi connectivity index (χ2n) is 10.3. The third-order valence-electron chi connectivity index (χ3n) is 7.62. The summed E-state index contributed by atoms with van der Waals surface area (Å²) in [6.45, 7) is 5.88. The molecule has 0 spiro atoms. The van der Waals surface area contributed by atoms with Crippen molar-refractivity contribution in [3.05, 3.63) is 65.3 Å². The van der Waals surface area contributed by atoms with Crippen LogP contribution in [0.5, 0.6) is 0 Å². The molecule has 1 aromatic carbocycles. The van der Waals surface area contributed by atoms with Gasteiger partial charge in [0.1, 0.15) is 24.3 Å². The van der Waals surface area contributed by atoms with Gasteiger partial charge in [-0.25, -0.2) is 24.7 Å². The molecule has 212 valence electrons. The van der Waals surface area contributed by atoms with Crippen LogP contribution in [0.2, 0.25) is 0 Å². The van der Waals surface area contributed by atoms with E-state index in [9.17, 15) is 4.79 Å². The largest absolute Gasteiger partial charge is 0.472 e. The molecule has 0 radical (unpaired) electrons. The standard InChI is InChI=1S/C29H32N8O4/c1-39-29(38)21-5-6-23-24(13-21)37(17-22-7-12-40-22)27(33-23)18-35-8-10-36(11-9-35)26-3-2-4-28(34-26)41-19-25-31-15-20(14-30)16-32-25/h3,5-6,13,15-16,22H,2,4,7-12,17-19H2,1H3. The first kappa shape index (κ1) is 26.9. The first-order valence-electron chi connectivity index (χ1n) is 13.9. The lowest BCUT2D eigenvalue weighted by Crippen LogP contribution is -2.45. The minimum atomic E-state index is -0.354. The number of rotatable bonds is 8. The van der Waals surface area contributed by atoms with Gasteiger partial charge in [0.15, 0.2) is 11.7 Å².